The minimum Gasteiger partial charge on any atom is -0.497 e. The molecule has 1 aliphatic heterocycles. The lowest BCUT2D eigenvalue weighted by atomic mass is 10.0. The van der Waals surface area contributed by atoms with Crippen molar-refractivity contribution in [1.29, 1.82) is 0 Å². The number of aliphatic hydroxyl groups is 1. The molecular formula is C13H21ClN2O2. The molecule has 0 unspecified atom stereocenters. The van der Waals surface area contributed by atoms with Gasteiger partial charge in [-0.2, -0.15) is 0 Å². The van der Waals surface area contributed by atoms with Gasteiger partial charge in [0.25, 0.3) is 0 Å². The van der Waals surface area contributed by atoms with Gasteiger partial charge >= 0.3 is 0 Å². The number of hydrogen-bond donors (Lipinski definition) is 2. The Balaban J connectivity index is 0.00000162. The molecule has 1 saturated heterocycles. The molecule has 1 heterocycles. The Hall–Kier alpha value is -0.810. The molecule has 4 nitrogen and oxygen atoms in total. The summed E-state index contributed by atoms with van der Waals surface area (Å²) in [6.45, 7) is 4.07. The Bertz CT molecular complexity index is 357. The zero-order valence-corrected chi connectivity index (χ0v) is 11.4. The topological polar surface area (TPSA) is 44.7 Å². The normalized spacial score (nSPS) is 17.9. The largest absolute Gasteiger partial charge is 0.497 e. The first kappa shape index (κ1) is 15.2. The van der Waals surface area contributed by atoms with Gasteiger partial charge in [0, 0.05) is 26.2 Å². The average Bonchev–Trinajstić information content (AvgIpc) is 2.41. The third kappa shape index (κ3) is 3.59. The second-order valence-corrected chi connectivity index (χ2v) is 4.26. The molecule has 0 spiro atoms. The number of benzene rings is 1. The van der Waals surface area contributed by atoms with E-state index in [1.54, 1.807) is 7.11 Å². The van der Waals surface area contributed by atoms with Crippen LogP contribution < -0.4 is 10.1 Å². The fraction of sp³-hybridized carbons (Fsp3) is 0.538. The molecule has 0 amide bonds. The number of hydrogen-bond acceptors (Lipinski definition) is 4. The van der Waals surface area contributed by atoms with E-state index in [1.807, 2.05) is 24.3 Å². The van der Waals surface area contributed by atoms with Crippen LogP contribution in [0.15, 0.2) is 24.3 Å². The van der Waals surface area contributed by atoms with E-state index < -0.39 is 0 Å². The van der Waals surface area contributed by atoms with Gasteiger partial charge in [0.05, 0.1) is 19.8 Å². The highest BCUT2D eigenvalue weighted by molar-refractivity contribution is 5.85. The number of nitrogens with one attached hydrogen (secondary N) is 1. The van der Waals surface area contributed by atoms with E-state index in [4.69, 9.17) is 4.74 Å². The molecule has 1 fully saturated rings. The quantitative estimate of drug-likeness (QED) is 0.860. The number of piperazine rings is 1. The van der Waals surface area contributed by atoms with E-state index in [-0.39, 0.29) is 25.1 Å². The monoisotopic (exact) mass is 272 g/mol. The predicted molar refractivity (Wildman–Crippen MR) is 74.5 cm³/mol. The molecule has 0 saturated carbocycles. The highest BCUT2D eigenvalue weighted by Gasteiger charge is 2.21. The molecule has 0 aromatic heterocycles. The first-order chi connectivity index (χ1) is 8.35. The van der Waals surface area contributed by atoms with Crippen LogP contribution in [0.25, 0.3) is 0 Å². The number of nitrogens with zero attached hydrogens (tertiary/aromatic N) is 1. The van der Waals surface area contributed by atoms with Gasteiger partial charge in [0.15, 0.2) is 0 Å². The molecule has 2 N–H and O–H groups in total. The Morgan fingerprint density at radius 2 is 2.11 bits per heavy atom. The van der Waals surface area contributed by atoms with Crippen molar-refractivity contribution in [3.63, 3.8) is 0 Å². The zero-order valence-electron chi connectivity index (χ0n) is 10.6. The number of halogens is 1. The van der Waals surface area contributed by atoms with E-state index in [1.165, 1.54) is 0 Å². The summed E-state index contributed by atoms with van der Waals surface area (Å²) in [6.07, 6.45) is 0. The van der Waals surface area contributed by atoms with Gasteiger partial charge in [-0.3, -0.25) is 4.90 Å². The maximum absolute atomic E-state index is 9.59. The third-order valence-electron chi connectivity index (χ3n) is 3.24. The van der Waals surface area contributed by atoms with Crippen molar-refractivity contribution in [1.82, 2.24) is 10.2 Å². The smallest absolute Gasteiger partial charge is 0.119 e. The minimum atomic E-state index is 0. The standard InChI is InChI=1S/C13H20N2O2.ClH/c1-17-12-4-2-3-11(9-12)13(10-16)15-7-5-14-6-8-15;/h2-4,9,13-14,16H,5-8,10H2,1H3;1H/t13-;/m0./s1. The van der Waals surface area contributed by atoms with Crippen LogP contribution in [0, 0.1) is 0 Å². The van der Waals surface area contributed by atoms with Crippen molar-refractivity contribution in [2.24, 2.45) is 0 Å². The van der Waals surface area contributed by atoms with E-state index >= 15 is 0 Å². The lowest BCUT2D eigenvalue weighted by Gasteiger charge is -2.34. The fourth-order valence-corrected chi connectivity index (χ4v) is 2.27. The molecule has 1 aliphatic rings. The van der Waals surface area contributed by atoms with Gasteiger partial charge in [0.2, 0.25) is 0 Å². The molecule has 0 radical (unpaired) electrons. The van der Waals surface area contributed by atoms with Gasteiger partial charge in [-0.1, -0.05) is 12.1 Å². The maximum Gasteiger partial charge on any atom is 0.119 e. The Morgan fingerprint density at radius 3 is 2.72 bits per heavy atom. The summed E-state index contributed by atoms with van der Waals surface area (Å²) < 4.78 is 5.22. The highest BCUT2D eigenvalue weighted by atomic mass is 35.5. The molecule has 0 bridgehead atoms. The lowest BCUT2D eigenvalue weighted by molar-refractivity contribution is 0.110. The zero-order chi connectivity index (χ0) is 12.1. The first-order valence-electron chi connectivity index (χ1n) is 6.04. The van der Waals surface area contributed by atoms with Crippen molar-refractivity contribution in [2.45, 2.75) is 6.04 Å². The molecule has 1 aromatic carbocycles. The molecule has 1 aromatic rings. The average molecular weight is 273 g/mol. The number of rotatable bonds is 4. The summed E-state index contributed by atoms with van der Waals surface area (Å²) in [4.78, 5) is 2.31. The molecule has 2 rings (SSSR count). The Kier molecular flexibility index (Phi) is 6.43. The van der Waals surface area contributed by atoms with Gasteiger partial charge in [-0.25, -0.2) is 0 Å². The summed E-state index contributed by atoms with van der Waals surface area (Å²) in [7, 11) is 1.66. The Labute approximate surface area is 114 Å². The van der Waals surface area contributed by atoms with E-state index in [2.05, 4.69) is 10.2 Å². The number of methoxy groups -OCH3 is 1. The van der Waals surface area contributed by atoms with Crippen LogP contribution in [-0.2, 0) is 0 Å². The van der Waals surface area contributed by atoms with Crippen LogP contribution in [0.3, 0.4) is 0 Å². The highest BCUT2D eigenvalue weighted by Crippen LogP contribution is 2.24. The minimum absolute atomic E-state index is 0. The summed E-state index contributed by atoms with van der Waals surface area (Å²) in [6, 6.07) is 8.02. The Morgan fingerprint density at radius 1 is 1.39 bits per heavy atom. The van der Waals surface area contributed by atoms with Crippen molar-refractivity contribution in [2.75, 3.05) is 39.9 Å². The van der Waals surface area contributed by atoms with Crippen LogP contribution in [0.2, 0.25) is 0 Å². The van der Waals surface area contributed by atoms with E-state index in [0.29, 0.717) is 0 Å². The predicted octanol–water partition coefficient (Wildman–Crippen LogP) is 1.06. The summed E-state index contributed by atoms with van der Waals surface area (Å²) >= 11 is 0. The first-order valence-corrected chi connectivity index (χ1v) is 6.04. The second-order valence-electron chi connectivity index (χ2n) is 4.26. The molecule has 5 heteroatoms. The fourth-order valence-electron chi connectivity index (χ4n) is 2.27. The summed E-state index contributed by atoms with van der Waals surface area (Å²) in [5.74, 6) is 0.844. The second kappa shape index (κ2) is 7.59. The lowest BCUT2D eigenvalue weighted by Crippen LogP contribution is -2.46. The molecular weight excluding hydrogens is 252 g/mol. The van der Waals surface area contributed by atoms with Gasteiger partial charge in [-0.05, 0) is 17.7 Å². The molecule has 1 atom stereocenters. The summed E-state index contributed by atoms with van der Waals surface area (Å²) in [5.41, 5.74) is 1.12. The van der Waals surface area contributed by atoms with Crippen molar-refractivity contribution >= 4 is 12.4 Å². The SMILES string of the molecule is COc1cccc([C@H](CO)N2CCNCC2)c1.Cl. The van der Waals surface area contributed by atoms with Crippen LogP contribution in [0.4, 0.5) is 0 Å². The van der Waals surface area contributed by atoms with Crippen LogP contribution >= 0.6 is 12.4 Å². The van der Waals surface area contributed by atoms with Crippen LogP contribution in [-0.4, -0.2) is 49.9 Å². The molecule has 102 valence electrons. The molecule has 18 heavy (non-hydrogen) atoms. The maximum atomic E-state index is 9.59. The van der Waals surface area contributed by atoms with Gasteiger partial charge < -0.3 is 15.2 Å². The summed E-state index contributed by atoms with van der Waals surface area (Å²) in [5, 5.41) is 12.9. The van der Waals surface area contributed by atoms with Crippen LogP contribution in [0.5, 0.6) is 5.75 Å². The van der Waals surface area contributed by atoms with Gasteiger partial charge in [0.1, 0.15) is 5.75 Å². The number of ether oxygens (including phenoxy) is 1. The van der Waals surface area contributed by atoms with E-state index in [0.717, 1.165) is 37.5 Å². The van der Waals surface area contributed by atoms with Crippen molar-refractivity contribution < 1.29 is 9.84 Å². The third-order valence-corrected chi connectivity index (χ3v) is 3.24. The van der Waals surface area contributed by atoms with Crippen LogP contribution in [0.1, 0.15) is 11.6 Å². The van der Waals surface area contributed by atoms with Crippen molar-refractivity contribution in [3.05, 3.63) is 29.8 Å². The molecule has 0 aliphatic carbocycles. The van der Waals surface area contributed by atoms with E-state index in [9.17, 15) is 5.11 Å². The number of aliphatic hydroxyl groups excluding tert-OH is 1. The van der Waals surface area contributed by atoms with Gasteiger partial charge in [-0.15, -0.1) is 12.4 Å². The van der Waals surface area contributed by atoms with Crippen molar-refractivity contribution in [3.8, 4) is 5.75 Å².